The van der Waals surface area contributed by atoms with Gasteiger partial charge in [0.05, 0.1) is 0 Å². The van der Waals surface area contributed by atoms with E-state index >= 15 is 0 Å². The molecule has 1 aromatic rings. The Hall–Kier alpha value is -1.79. The van der Waals surface area contributed by atoms with Gasteiger partial charge in [-0.25, -0.2) is 4.39 Å². The number of rotatable bonds is 4. The van der Waals surface area contributed by atoms with Crippen molar-refractivity contribution in [2.45, 2.75) is 6.18 Å². The molecule has 0 fully saturated rings. The molecule has 0 saturated carbocycles. The Balaban J connectivity index is 2.49. The summed E-state index contributed by atoms with van der Waals surface area (Å²) in [4.78, 5) is 11.8. The molecule has 100 valence electrons. The zero-order valence-electron chi connectivity index (χ0n) is 9.50. The number of likely N-dealkylation sites (N-methyl/N-ethyl adjacent to an activating group) is 1. The number of carbonyl (C=O) groups is 1. The van der Waals surface area contributed by atoms with Crippen molar-refractivity contribution in [3.05, 3.63) is 30.1 Å². The maximum absolute atomic E-state index is 13.1. The molecule has 0 N–H and O–H groups in total. The van der Waals surface area contributed by atoms with E-state index in [9.17, 15) is 22.4 Å². The topological polar surface area (TPSA) is 29.5 Å². The van der Waals surface area contributed by atoms with Crippen molar-refractivity contribution in [2.75, 3.05) is 20.2 Å². The molecule has 0 saturated heterocycles. The van der Waals surface area contributed by atoms with E-state index in [4.69, 9.17) is 4.74 Å². The summed E-state index contributed by atoms with van der Waals surface area (Å²) in [6, 6.07) is 5.33. The number of alkyl halides is 3. The first-order valence-corrected chi connectivity index (χ1v) is 4.97. The van der Waals surface area contributed by atoms with Crippen LogP contribution in [0.3, 0.4) is 0 Å². The van der Waals surface area contributed by atoms with Crippen molar-refractivity contribution >= 4 is 5.91 Å². The minimum atomic E-state index is -4.47. The number of hydrogen-bond acceptors (Lipinski definition) is 2. The number of amides is 1. The van der Waals surface area contributed by atoms with Crippen LogP contribution in [0.5, 0.6) is 5.75 Å². The molecule has 0 aliphatic rings. The van der Waals surface area contributed by atoms with Gasteiger partial charge >= 0.3 is 6.18 Å². The molecule has 0 atom stereocenters. The number of carbonyl (C=O) groups excluding carboxylic acids is 1. The van der Waals surface area contributed by atoms with Gasteiger partial charge in [-0.15, -0.1) is 0 Å². The highest BCUT2D eigenvalue weighted by atomic mass is 19.4. The summed E-state index contributed by atoms with van der Waals surface area (Å²) in [6.45, 7) is -2.01. The maximum Gasteiger partial charge on any atom is 0.406 e. The largest absolute Gasteiger partial charge is 0.481 e. The molecule has 0 aliphatic heterocycles. The monoisotopic (exact) mass is 265 g/mol. The van der Waals surface area contributed by atoms with Crippen LogP contribution >= 0.6 is 0 Å². The lowest BCUT2D eigenvalue weighted by molar-refractivity contribution is -0.159. The van der Waals surface area contributed by atoms with Crippen LogP contribution in [0, 0.1) is 5.82 Å². The highest BCUT2D eigenvalue weighted by Gasteiger charge is 2.31. The molecule has 1 rings (SSSR count). The molecule has 0 spiro atoms. The quantitative estimate of drug-likeness (QED) is 0.781. The molecule has 1 amide bonds. The smallest absolute Gasteiger partial charge is 0.406 e. The molecular formula is C11H11F4NO2. The lowest BCUT2D eigenvalue weighted by atomic mass is 10.3. The second-order valence-corrected chi connectivity index (χ2v) is 3.58. The van der Waals surface area contributed by atoms with E-state index in [1.807, 2.05) is 0 Å². The van der Waals surface area contributed by atoms with E-state index < -0.39 is 31.1 Å². The standard InChI is InChI=1S/C11H11F4NO2/c1-16(7-11(13,14)15)10(17)6-18-9-5-3-2-4-8(9)12/h2-5H,6-7H2,1H3. The lowest BCUT2D eigenvalue weighted by Gasteiger charge is -2.19. The summed E-state index contributed by atoms with van der Waals surface area (Å²) in [5, 5.41) is 0. The number of ether oxygens (including phenoxy) is 1. The van der Waals surface area contributed by atoms with Crippen molar-refractivity contribution in [2.24, 2.45) is 0 Å². The van der Waals surface area contributed by atoms with E-state index in [0.29, 0.717) is 4.90 Å². The summed E-state index contributed by atoms with van der Waals surface area (Å²) in [5.41, 5.74) is 0. The second-order valence-electron chi connectivity index (χ2n) is 3.58. The predicted octanol–water partition coefficient (Wildman–Crippen LogP) is 2.23. The van der Waals surface area contributed by atoms with Gasteiger partial charge in [-0.1, -0.05) is 12.1 Å². The average Bonchev–Trinajstić information content (AvgIpc) is 2.25. The third kappa shape index (κ3) is 4.60. The fraction of sp³-hybridized carbons (Fsp3) is 0.364. The summed E-state index contributed by atoms with van der Waals surface area (Å²) in [7, 11) is 1.00. The summed E-state index contributed by atoms with van der Waals surface area (Å²) >= 11 is 0. The Morgan fingerprint density at radius 3 is 2.50 bits per heavy atom. The molecule has 0 aliphatic carbocycles. The third-order valence-electron chi connectivity index (χ3n) is 2.03. The van der Waals surface area contributed by atoms with Crippen molar-refractivity contribution in [1.82, 2.24) is 4.90 Å². The maximum atomic E-state index is 13.1. The first-order valence-electron chi connectivity index (χ1n) is 4.97. The van der Waals surface area contributed by atoms with E-state index in [1.165, 1.54) is 18.2 Å². The minimum Gasteiger partial charge on any atom is -0.481 e. The summed E-state index contributed by atoms with van der Waals surface area (Å²) in [5.74, 6) is -1.73. The van der Waals surface area contributed by atoms with Gasteiger partial charge in [-0.2, -0.15) is 13.2 Å². The molecule has 3 nitrogen and oxygen atoms in total. The van der Waals surface area contributed by atoms with Gasteiger partial charge in [0.1, 0.15) is 6.54 Å². The van der Waals surface area contributed by atoms with Crippen LogP contribution in [0.25, 0.3) is 0 Å². The Kier molecular flexibility index (Phi) is 4.52. The molecule has 0 heterocycles. The fourth-order valence-electron chi connectivity index (χ4n) is 1.17. The number of benzene rings is 1. The highest BCUT2D eigenvalue weighted by Crippen LogP contribution is 2.17. The van der Waals surface area contributed by atoms with Crippen LogP contribution in [-0.4, -0.2) is 37.2 Å². The van der Waals surface area contributed by atoms with Gasteiger partial charge in [0.2, 0.25) is 0 Å². The zero-order valence-corrected chi connectivity index (χ0v) is 9.50. The van der Waals surface area contributed by atoms with Crippen LogP contribution in [0.15, 0.2) is 24.3 Å². The van der Waals surface area contributed by atoms with E-state index in [2.05, 4.69) is 0 Å². The number of halogens is 4. The Labute approximate surface area is 101 Å². The van der Waals surface area contributed by atoms with Crippen LogP contribution in [0.1, 0.15) is 0 Å². The Morgan fingerprint density at radius 2 is 1.94 bits per heavy atom. The van der Waals surface area contributed by atoms with Crippen LogP contribution < -0.4 is 4.74 Å². The van der Waals surface area contributed by atoms with Crippen LogP contribution in [0.4, 0.5) is 17.6 Å². The fourth-order valence-corrected chi connectivity index (χ4v) is 1.17. The molecule has 0 aromatic heterocycles. The molecule has 7 heteroatoms. The summed E-state index contributed by atoms with van der Waals surface area (Å²) < 4.78 is 53.9. The van der Waals surface area contributed by atoms with Gasteiger partial charge in [0.15, 0.2) is 18.2 Å². The van der Waals surface area contributed by atoms with Gasteiger partial charge in [0, 0.05) is 7.05 Å². The number of nitrogens with zero attached hydrogens (tertiary/aromatic N) is 1. The minimum absolute atomic E-state index is 0.175. The first kappa shape index (κ1) is 14.3. The zero-order chi connectivity index (χ0) is 13.8. The third-order valence-corrected chi connectivity index (χ3v) is 2.03. The van der Waals surface area contributed by atoms with Crippen molar-refractivity contribution in [1.29, 1.82) is 0 Å². The predicted molar refractivity (Wildman–Crippen MR) is 55.6 cm³/mol. The highest BCUT2D eigenvalue weighted by molar-refractivity contribution is 5.77. The molecule has 1 aromatic carbocycles. The average molecular weight is 265 g/mol. The number of hydrogen-bond donors (Lipinski definition) is 0. The molecular weight excluding hydrogens is 254 g/mol. The Morgan fingerprint density at radius 1 is 1.33 bits per heavy atom. The van der Waals surface area contributed by atoms with E-state index in [0.717, 1.165) is 13.1 Å². The molecule has 0 unspecified atom stereocenters. The van der Waals surface area contributed by atoms with Crippen molar-refractivity contribution in [3.63, 3.8) is 0 Å². The van der Waals surface area contributed by atoms with Gasteiger partial charge in [-0.3, -0.25) is 4.79 Å². The molecule has 18 heavy (non-hydrogen) atoms. The Bertz CT molecular complexity index is 420. The SMILES string of the molecule is CN(CC(F)(F)F)C(=O)COc1ccccc1F. The second kappa shape index (κ2) is 5.70. The number of para-hydroxylation sites is 1. The van der Waals surface area contributed by atoms with Gasteiger partial charge in [-0.05, 0) is 12.1 Å². The normalized spacial score (nSPS) is 11.2. The molecule has 0 radical (unpaired) electrons. The van der Waals surface area contributed by atoms with E-state index in [1.54, 1.807) is 0 Å². The van der Waals surface area contributed by atoms with Crippen molar-refractivity contribution in [3.8, 4) is 5.75 Å². The van der Waals surface area contributed by atoms with Crippen molar-refractivity contribution < 1.29 is 27.1 Å². The van der Waals surface area contributed by atoms with Crippen LogP contribution in [-0.2, 0) is 4.79 Å². The first-order chi connectivity index (χ1) is 8.29. The van der Waals surface area contributed by atoms with Crippen LogP contribution in [0.2, 0.25) is 0 Å². The van der Waals surface area contributed by atoms with Gasteiger partial charge < -0.3 is 9.64 Å². The summed E-state index contributed by atoms with van der Waals surface area (Å²) in [6.07, 6.45) is -4.47. The lowest BCUT2D eigenvalue weighted by Crippen LogP contribution is -2.38. The van der Waals surface area contributed by atoms with Gasteiger partial charge in [0.25, 0.3) is 5.91 Å². The van der Waals surface area contributed by atoms with E-state index in [-0.39, 0.29) is 5.75 Å². The molecule has 0 bridgehead atoms.